The van der Waals surface area contributed by atoms with Crippen LogP contribution in [0.2, 0.25) is 0 Å². The lowest BCUT2D eigenvalue weighted by molar-refractivity contribution is 0.112. The normalized spacial score (nSPS) is 23.1. The highest BCUT2D eigenvalue weighted by Gasteiger charge is 2.20. The molecule has 6 heteroatoms. The molecule has 2 amide bonds. The Labute approximate surface area is 125 Å². The molecule has 2 heterocycles. The van der Waals surface area contributed by atoms with Gasteiger partial charge in [0, 0.05) is 19.2 Å². The summed E-state index contributed by atoms with van der Waals surface area (Å²) in [5, 5.41) is 10.2. The zero-order chi connectivity index (χ0) is 14.5. The van der Waals surface area contributed by atoms with E-state index in [2.05, 4.69) is 15.7 Å². The first-order chi connectivity index (χ1) is 10.3. The maximum absolute atomic E-state index is 12.0. The molecular formula is C15H24N4O2. The summed E-state index contributed by atoms with van der Waals surface area (Å²) in [5.74, 6) is 0.784. The fourth-order valence-corrected chi connectivity index (χ4v) is 3.20. The van der Waals surface area contributed by atoms with Gasteiger partial charge in [-0.2, -0.15) is 5.10 Å². The molecule has 0 unspecified atom stereocenters. The number of carbonyl (C=O) groups excluding carboxylic acids is 1. The highest BCUT2D eigenvalue weighted by atomic mass is 16.5. The maximum Gasteiger partial charge on any atom is 0.320 e. The third-order valence-corrected chi connectivity index (χ3v) is 4.35. The van der Waals surface area contributed by atoms with Gasteiger partial charge in [-0.3, -0.25) is 5.32 Å². The number of nitrogens with one attached hydrogen (secondary N) is 2. The molecule has 1 aromatic heterocycles. The van der Waals surface area contributed by atoms with Gasteiger partial charge >= 0.3 is 6.03 Å². The monoisotopic (exact) mass is 292 g/mol. The van der Waals surface area contributed by atoms with Gasteiger partial charge in [0.1, 0.15) is 5.82 Å². The first-order valence-corrected chi connectivity index (χ1v) is 8.03. The average Bonchev–Trinajstić information content (AvgIpc) is 3.17. The first kappa shape index (κ1) is 14.4. The van der Waals surface area contributed by atoms with Crippen LogP contribution < -0.4 is 10.6 Å². The van der Waals surface area contributed by atoms with Crippen LogP contribution in [0, 0.1) is 0 Å². The van der Waals surface area contributed by atoms with Crippen LogP contribution in [0.4, 0.5) is 10.6 Å². The molecule has 1 atom stereocenters. The number of rotatable bonds is 4. The molecule has 2 N–H and O–H groups in total. The third-order valence-electron chi connectivity index (χ3n) is 4.35. The summed E-state index contributed by atoms with van der Waals surface area (Å²) in [4.78, 5) is 12.0. The molecule has 2 fully saturated rings. The van der Waals surface area contributed by atoms with E-state index in [0.29, 0.717) is 12.6 Å². The van der Waals surface area contributed by atoms with Gasteiger partial charge in [-0.15, -0.1) is 0 Å². The summed E-state index contributed by atoms with van der Waals surface area (Å²) in [6, 6.07) is 2.10. The zero-order valence-corrected chi connectivity index (χ0v) is 12.4. The molecule has 116 valence electrons. The summed E-state index contributed by atoms with van der Waals surface area (Å²) < 4.78 is 7.46. The molecule has 0 bridgehead atoms. The van der Waals surface area contributed by atoms with E-state index in [9.17, 15) is 4.79 Å². The van der Waals surface area contributed by atoms with Crippen molar-refractivity contribution >= 4 is 11.8 Å². The Morgan fingerprint density at radius 3 is 2.90 bits per heavy atom. The topological polar surface area (TPSA) is 68.2 Å². The minimum Gasteiger partial charge on any atom is -0.376 e. The number of hydrogen-bond acceptors (Lipinski definition) is 3. The van der Waals surface area contributed by atoms with Gasteiger partial charge in [0.15, 0.2) is 0 Å². The number of anilines is 1. The lowest BCUT2D eigenvalue weighted by atomic mass is 9.96. The fourth-order valence-electron chi connectivity index (χ4n) is 3.20. The Morgan fingerprint density at radius 1 is 1.29 bits per heavy atom. The Balaban J connectivity index is 1.52. The molecule has 0 aromatic carbocycles. The molecule has 2 aliphatic rings. The van der Waals surface area contributed by atoms with Crippen molar-refractivity contribution in [2.75, 3.05) is 18.5 Å². The van der Waals surface area contributed by atoms with E-state index >= 15 is 0 Å². The zero-order valence-electron chi connectivity index (χ0n) is 12.4. The molecule has 1 saturated heterocycles. The molecule has 1 aromatic rings. The van der Waals surface area contributed by atoms with Crippen molar-refractivity contribution < 1.29 is 9.53 Å². The van der Waals surface area contributed by atoms with E-state index in [0.717, 1.165) is 38.1 Å². The Morgan fingerprint density at radius 2 is 2.14 bits per heavy atom. The van der Waals surface area contributed by atoms with E-state index in [4.69, 9.17) is 4.74 Å². The predicted molar refractivity (Wildman–Crippen MR) is 80.3 cm³/mol. The van der Waals surface area contributed by atoms with Crippen molar-refractivity contribution in [1.29, 1.82) is 0 Å². The molecular weight excluding hydrogens is 268 g/mol. The van der Waals surface area contributed by atoms with Crippen LogP contribution in [0.3, 0.4) is 0 Å². The number of hydrogen-bond donors (Lipinski definition) is 2. The second-order valence-corrected chi connectivity index (χ2v) is 5.92. The summed E-state index contributed by atoms with van der Waals surface area (Å²) >= 11 is 0. The van der Waals surface area contributed by atoms with E-state index in [1.165, 1.54) is 19.3 Å². The summed E-state index contributed by atoms with van der Waals surface area (Å²) in [6.07, 6.45) is 10.1. The number of urea groups is 1. The lowest BCUT2D eigenvalue weighted by Crippen LogP contribution is -2.35. The molecule has 3 rings (SSSR count). The van der Waals surface area contributed by atoms with Crippen LogP contribution in [0.25, 0.3) is 0 Å². The van der Waals surface area contributed by atoms with Crippen molar-refractivity contribution in [2.24, 2.45) is 0 Å². The van der Waals surface area contributed by atoms with E-state index in [-0.39, 0.29) is 12.1 Å². The Bertz CT molecular complexity index is 462. The molecule has 0 radical (unpaired) electrons. The van der Waals surface area contributed by atoms with E-state index < -0.39 is 0 Å². The van der Waals surface area contributed by atoms with Crippen molar-refractivity contribution in [3.63, 3.8) is 0 Å². The van der Waals surface area contributed by atoms with Crippen LogP contribution in [0.15, 0.2) is 12.3 Å². The smallest absolute Gasteiger partial charge is 0.320 e. The second kappa shape index (κ2) is 6.93. The number of carbonyl (C=O) groups is 1. The van der Waals surface area contributed by atoms with Gasteiger partial charge in [0.25, 0.3) is 0 Å². The number of aromatic nitrogens is 2. The minimum absolute atomic E-state index is 0.166. The van der Waals surface area contributed by atoms with Crippen LogP contribution >= 0.6 is 0 Å². The maximum atomic E-state index is 12.0. The predicted octanol–water partition coefficient (Wildman–Crippen LogP) is 2.69. The largest absolute Gasteiger partial charge is 0.376 e. The number of nitrogens with zero attached hydrogens (tertiary/aromatic N) is 2. The fraction of sp³-hybridized carbons (Fsp3) is 0.733. The van der Waals surface area contributed by atoms with Gasteiger partial charge in [-0.25, -0.2) is 9.48 Å². The standard InChI is InChI=1S/C15H24N4O2/c20-15(16-11-13-7-4-10-21-13)18-14-8-9-17-19(14)12-5-2-1-3-6-12/h8-9,12-13H,1-7,10-11H2,(H2,16,18,20)/t13-/m1/s1. The minimum atomic E-state index is -0.178. The molecule has 21 heavy (non-hydrogen) atoms. The van der Waals surface area contributed by atoms with Crippen LogP contribution in [-0.4, -0.2) is 35.1 Å². The van der Waals surface area contributed by atoms with E-state index in [1.807, 2.05) is 10.7 Å². The highest BCUT2D eigenvalue weighted by molar-refractivity contribution is 5.88. The van der Waals surface area contributed by atoms with Crippen molar-refractivity contribution in [3.05, 3.63) is 12.3 Å². The second-order valence-electron chi connectivity index (χ2n) is 5.92. The summed E-state index contributed by atoms with van der Waals surface area (Å²) in [5.41, 5.74) is 0. The Kier molecular flexibility index (Phi) is 4.75. The first-order valence-electron chi connectivity index (χ1n) is 8.03. The van der Waals surface area contributed by atoms with Gasteiger partial charge < -0.3 is 10.1 Å². The van der Waals surface area contributed by atoms with Crippen molar-refractivity contribution in [1.82, 2.24) is 15.1 Å². The quantitative estimate of drug-likeness (QED) is 0.896. The third kappa shape index (κ3) is 3.75. The number of ether oxygens (including phenoxy) is 1. The lowest BCUT2D eigenvalue weighted by Gasteiger charge is -2.24. The van der Waals surface area contributed by atoms with Crippen LogP contribution in [0.1, 0.15) is 51.0 Å². The van der Waals surface area contributed by atoms with Gasteiger partial charge in [0.05, 0.1) is 18.3 Å². The van der Waals surface area contributed by atoms with Gasteiger partial charge in [0.2, 0.25) is 0 Å². The van der Waals surface area contributed by atoms with Crippen molar-refractivity contribution in [2.45, 2.75) is 57.1 Å². The van der Waals surface area contributed by atoms with Gasteiger partial charge in [-0.05, 0) is 25.7 Å². The molecule has 6 nitrogen and oxygen atoms in total. The molecule has 1 aliphatic heterocycles. The molecule has 1 aliphatic carbocycles. The van der Waals surface area contributed by atoms with Crippen LogP contribution in [0.5, 0.6) is 0 Å². The summed E-state index contributed by atoms with van der Waals surface area (Å²) in [6.45, 7) is 1.38. The van der Waals surface area contributed by atoms with Crippen LogP contribution in [-0.2, 0) is 4.74 Å². The number of amides is 2. The van der Waals surface area contributed by atoms with Crippen molar-refractivity contribution in [3.8, 4) is 0 Å². The highest BCUT2D eigenvalue weighted by Crippen LogP contribution is 2.29. The summed E-state index contributed by atoms with van der Waals surface area (Å²) in [7, 11) is 0. The SMILES string of the molecule is O=C(NC[C@H]1CCCO1)Nc1ccnn1C1CCCCC1. The Hall–Kier alpha value is -1.56. The molecule has 1 saturated carbocycles. The average molecular weight is 292 g/mol. The van der Waals surface area contributed by atoms with Gasteiger partial charge in [-0.1, -0.05) is 19.3 Å². The van der Waals surface area contributed by atoms with E-state index in [1.54, 1.807) is 6.20 Å². The molecule has 0 spiro atoms.